The monoisotopic (exact) mass is 467 g/mol. The summed E-state index contributed by atoms with van der Waals surface area (Å²) in [6, 6.07) is 4.24. The number of nitrogens with zero attached hydrogens (tertiary/aromatic N) is 2. The Hall–Kier alpha value is -1.58. The number of sulfonamides is 1. The molecule has 1 saturated heterocycles. The average molecular weight is 468 g/mol. The maximum Gasteiger partial charge on any atom is 0.243 e. The molecule has 2 amide bonds. The quantitative estimate of drug-likeness (QED) is 0.565. The van der Waals surface area contributed by atoms with E-state index < -0.39 is 16.1 Å². The first-order valence-electron chi connectivity index (χ1n) is 11.1. The Morgan fingerprint density at radius 3 is 2.58 bits per heavy atom. The van der Waals surface area contributed by atoms with Crippen molar-refractivity contribution < 1.29 is 18.0 Å². The van der Waals surface area contributed by atoms with Crippen molar-refractivity contribution in [2.45, 2.75) is 63.3 Å². The lowest BCUT2D eigenvalue weighted by Crippen LogP contribution is -2.47. The zero-order chi connectivity index (χ0) is 22.4. The molecular formula is C22H33N3O4S2. The largest absolute Gasteiger partial charge is 0.354 e. The molecule has 0 aliphatic carbocycles. The van der Waals surface area contributed by atoms with Gasteiger partial charge in [-0.05, 0) is 61.0 Å². The van der Waals surface area contributed by atoms with Gasteiger partial charge in [0.2, 0.25) is 21.8 Å². The molecule has 172 valence electrons. The highest BCUT2D eigenvalue weighted by molar-refractivity contribution is 7.99. The van der Waals surface area contributed by atoms with Crippen LogP contribution in [-0.4, -0.2) is 61.7 Å². The summed E-state index contributed by atoms with van der Waals surface area (Å²) in [6.45, 7) is 5.24. The molecule has 2 aliphatic heterocycles. The normalized spacial score (nSPS) is 19.3. The van der Waals surface area contributed by atoms with E-state index in [-0.39, 0.29) is 16.7 Å². The SMILES string of the molecule is CCCSCCCNC(=O)[C@H]1Cc2cc(S(=O)(=O)N3CCCCC3)ccc2N1C(C)=O. The minimum absolute atomic E-state index is 0.188. The number of amides is 2. The summed E-state index contributed by atoms with van der Waals surface area (Å²) in [5.74, 6) is 1.70. The number of hydrogen-bond acceptors (Lipinski definition) is 5. The van der Waals surface area contributed by atoms with E-state index in [1.807, 2.05) is 11.8 Å². The fraction of sp³-hybridized carbons (Fsp3) is 0.636. The average Bonchev–Trinajstić information content (AvgIpc) is 3.16. The predicted molar refractivity (Wildman–Crippen MR) is 125 cm³/mol. The van der Waals surface area contributed by atoms with Crippen LogP contribution in [0.15, 0.2) is 23.1 Å². The van der Waals surface area contributed by atoms with Crippen LogP contribution in [0, 0.1) is 0 Å². The van der Waals surface area contributed by atoms with E-state index >= 15 is 0 Å². The standard InChI is InChI=1S/C22H33N3O4S2/c1-3-13-30-14-7-10-23-22(27)21-16-18-15-19(8-9-20(18)25(21)17(2)26)31(28,29)24-11-5-4-6-12-24/h8-9,15,21H,3-7,10-14,16H2,1-2H3,(H,23,27)/t21-/m1/s1. The number of carbonyl (C=O) groups excluding carboxylic acids is 2. The van der Waals surface area contributed by atoms with E-state index in [0.29, 0.717) is 31.7 Å². The molecule has 0 bridgehead atoms. The molecule has 2 aliphatic rings. The van der Waals surface area contributed by atoms with Gasteiger partial charge in [-0.15, -0.1) is 0 Å². The molecule has 0 spiro atoms. The number of hydrogen-bond donors (Lipinski definition) is 1. The van der Waals surface area contributed by atoms with Crippen molar-refractivity contribution in [2.75, 3.05) is 36.0 Å². The first-order chi connectivity index (χ1) is 14.9. The highest BCUT2D eigenvalue weighted by atomic mass is 32.2. The third kappa shape index (κ3) is 5.62. The minimum Gasteiger partial charge on any atom is -0.354 e. The van der Waals surface area contributed by atoms with Crippen LogP contribution >= 0.6 is 11.8 Å². The molecule has 31 heavy (non-hydrogen) atoms. The summed E-state index contributed by atoms with van der Waals surface area (Å²) >= 11 is 1.87. The highest BCUT2D eigenvalue weighted by Crippen LogP contribution is 2.35. The van der Waals surface area contributed by atoms with Gasteiger partial charge in [-0.25, -0.2) is 8.42 Å². The van der Waals surface area contributed by atoms with E-state index in [4.69, 9.17) is 0 Å². The number of thioether (sulfide) groups is 1. The molecule has 0 saturated carbocycles. The van der Waals surface area contributed by atoms with Crippen LogP contribution in [-0.2, 0) is 26.0 Å². The lowest BCUT2D eigenvalue weighted by atomic mass is 10.1. The summed E-state index contributed by atoms with van der Waals surface area (Å²) in [5.41, 5.74) is 1.36. The van der Waals surface area contributed by atoms with Crippen LogP contribution < -0.4 is 10.2 Å². The number of fused-ring (bicyclic) bond motifs is 1. The molecule has 7 nitrogen and oxygen atoms in total. The number of rotatable bonds is 9. The van der Waals surface area contributed by atoms with E-state index in [1.165, 1.54) is 16.1 Å². The molecule has 1 aromatic carbocycles. The molecule has 1 fully saturated rings. The van der Waals surface area contributed by atoms with Crippen molar-refractivity contribution in [1.82, 2.24) is 9.62 Å². The van der Waals surface area contributed by atoms with Crippen LogP contribution in [0.1, 0.15) is 51.5 Å². The third-order valence-electron chi connectivity index (χ3n) is 5.74. The lowest BCUT2D eigenvalue weighted by Gasteiger charge is -2.26. The van der Waals surface area contributed by atoms with Crippen molar-refractivity contribution in [2.24, 2.45) is 0 Å². The summed E-state index contributed by atoms with van der Waals surface area (Å²) in [6.07, 6.45) is 5.16. The van der Waals surface area contributed by atoms with Crippen molar-refractivity contribution in [3.63, 3.8) is 0 Å². The van der Waals surface area contributed by atoms with Crippen molar-refractivity contribution in [3.05, 3.63) is 23.8 Å². The van der Waals surface area contributed by atoms with Crippen molar-refractivity contribution >= 4 is 39.3 Å². The topological polar surface area (TPSA) is 86.8 Å². The minimum atomic E-state index is -3.56. The Morgan fingerprint density at radius 1 is 1.16 bits per heavy atom. The smallest absolute Gasteiger partial charge is 0.243 e. The highest BCUT2D eigenvalue weighted by Gasteiger charge is 2.38. The summed E-state index contributed by atoms with van der Waals surface area (Å²) in [7, 11) is -3.56. The number of benzene rings is 1. The zero-order valence-corrected chi connectivity index (χ0v) is 20.1. The van der Waals surface area contributed by atoms with Gasteiger partial charge in [-0.1, -0.05) is 13.3 Å². The maximum absolute atomic E-state index is 13.0. The molecule has 2 heterocycles. The number of anilines is 1. The Bertz CT molecular complexity index is 898. The Labute approximate surface area is 190 Å². The second kappa shape index (κ2) is 10.8. The Kier molecular flexibility index (Phi) is 8.41. The predicted octanol–water partition coefficient (Wildman–Crippen LogP) is 2.79. The molecule has 1 N–H and O–H groups in total. The lowest BCUT2D eigenvalue weighted by molar-refractivity contribution is -0.125. The molecule has 9 heteroatoms. The second-order valence-corrected chi connectivity index (χ2v) is 11.3. The van der Waals surface area contributed by atoms with Gasteiger partial charge < -0.3 is 5.32 Å². The van der Waals surface area contributed by atoms with Gasteiger partial charge in [-0.3, -0.25) is 14.5 Å². The van der Waals surface area contributed by atoms with Gasteiger partial charge in [-0.2, -0.15) is 16.1 Å². The summed E-state index contributed by atoms with van der Waals surface area (Å²) < 4.78 is 27.6. The molecule has 1 atom stereocenters. The second-order valence-electron chi connectivity index (χ2n) is 8.12. The van der Waals surface area contributed by atoms with Crippen molar-refractivity contribution in [3.8, 4) is 0 Å². The van der Waals surface area contributed by atoms with Crippen LogP contribution in [0.3, 0.4) is 0 Å². The van der Waals surface area contributed by atoms with E-state index in [1.54, 1.807) is 18.2 Å². The van der Waals surface area contributed by atoms with Gasteiger partial charge in [0.1, 0.15) is 6.04 Å². The molecule has 3 rings (SSSR count). The van der Waals surface area contributed by atoms with Gasteiger partial charge in [0.15, 0.2) is 0 Å². The summed E-state index contributed by atoms with van der Waals surface area (Å²) in [4.78, 5) is 26.9. The molecular weight excluding hydrogens is 434 g/mol. The first-order valence-corrected chi connectivity index (χ1v) is 13.7. The molecule has 0 unspecified atom stereocenters. The van der Waals surface area contributed by atoms with Crippen LogP contribution in [0.4, 0.5) is 5.69 Å². The van der Waals surface area contributed by atoms with Crippen molar-refractivity contribution in [1.29, 1.82) is 0 Å². The molecule has 1 aromatic rings. The third-order valence-corrected chi connectivity index (χ3v) is 8.91. The molecule has 0 radical (unpaired) electrons. The maximum atomic E-state index is 13.0. The van der Waals surface area contributed by atoms with Crippen LogP contribution in [0.2, 0.25) is 0 Å². The van der Waals surface area contributed by atoms with Gasteiger partial charge in [0, 0.05) is 38.7 Å². The van der Waals surface area contributed by atoms with E-state index in [9.17, 15) is 18.0 Å². The first kappa shape index (κ1) is 24.1. The number of piperidine rings is 1. The van der Waals surface area contributed by atoms with E-state index in [0.717, 1.165) is 49.2 Å². The molecule has 0 aromatic heterocycles. The van der Waals surface area contributed by atoms with E-state index in [2.05, 4.69) is 12.2 Å². The number of carbonyl (C=O) groups is 2. The van der Waals surface area contributed by atoms with Crippen LogP contribution in [0.25, 0.3) is 0 Å². The van der Waals surface area contributed by atoms with Gasteiger partial charge in [0.25, 0.3) is 0 Å². The zero-order valence-electron chi connectivity index (χ0n) is 18.4. The fourth-order valence-electron chi connectivity index (χ4n) is 4.19. The summed E-state index contributed by atoms with van der Waals surface area (Å²) in [5, 5.41) is 2.95. The Morgan fingerprint density at radius 2 is 1.90 bits per heavy atom. The number of nitrogens with one attached hydrogen (secondary N) is 1. The fourth-order valence-corrected chi connectivity index (χ4v) is 6.60. The Balaban J connectivity index is 1.71. The van der Waals surface area contributed by atoms with Gasteiger partial charge >= 0.3 is 0 Å². The van der Waals surface area contributed by atoms with Gasteiger partial charge in [0.05, 0.1) is 4.90 Å². The van der Waals surface area contributed by atoms with Crippen LogP contribution in [0.5, 0.6) is 0 Å².